The lowest BCUT2D eigenvalue weighted by Crippen LogP contribution is -2.56. The molecule has 1 N–H and O–H groups in total. The van der Waals surface area contributed by atoms with Crippen molar-refractivity contribution in [1.82, 2.24) is 10.2 Å². The highest BCUT2D eigenvalue weighted by atomic mass is 16.5. The summed E-state index contributed by atoms with van der Waals surface area (Å²) < 4.78 is 5.95. The van der Waals surface area contributed by atoms with Crippen molar-refractivity contribution in [1.29, 1.82) is 0 Å². The third-order valence-corrected chi connectivity index (χ3v) is 5.14. The van der Waals surface area contributed by atoms with Gasteiger partial charge in [0.25, 0.3) is 0 Å². The topological polar surface area (TPSA) is 24.5 Å². The maximum atomic E-state index is 5.95. The first kappa shape index (κ1) is 14.9. The number of ether oxygens (including phenoxy) is 1. The fourth-order valence-corrected chi connectivity index (χ4v) is 4.05. The van der Waals surface area contributed by atoms with Gasteiger partial charge in [-0.25, -0.2) is 0 Å². The normalized spacial score (nSPS) is 29.3. The summed E-state index contributed by atoms with van der Waals surface area (Å²) in [5, 5.41) is 3.48. The Morgan fingerprint density at radius 1 is 1.24 bits per heavy atom. The maximum Gasteiger partial charge on any atom is 0.119 e. The van der Waals surface area contributed by atoms with E-state index in [1.54, 1.807) is 0 Å². The van der Waals surface area contributed by atoms with Crippen LogP contribution in [0, 0.1) is 6.92 Å². The van der Waals surface area contributed by atoms with Crippen molar-refractivity contribution < 1.29 is 4.74 Å². The molecule has 0 aromatic heterocycles. The van der Waals surface area contributed by atoms with Crippen LogP contribution in [0.4, 0.5) is 0 Å². The molecule has 2 fully saturated rings. The molecule has 0 radical (unpaired) electrons. The molecular weight excluding hydrogens is 260 g/mol. The lowest BCUT2D eigenvalue weighted by Gasteiger charge is -2.48. The number of hydrogen-bond acceptors (Lipinski definition) is 3. The number of piperidine rings is 2. The van der Waals surface area contributed by atoms with Crippen molar-refractivity contribution in [2.75, 3.05) is 20.2 Å². The average Bonchev–Trinajstić information content (AvgIpc) is 2.47. The second-order valence-electron chi connectivity index (χ2n) is 6.60. The van der Waals surface area contributed by atoms with E-state index in [4.69, 9.17) is 4.74 Å². The van der Waals surface area contributed by atoms with Crippen LogP contribution < -0.4 is 10.1 Å². The molecule has 0 spiro atoms. The van der Waals surface area contributed by atoms with Gasteiger partial charge < -0.3 is 10.1 Å². The lowest BCUT2D eigenvalue weighted by atomic mass is 9.82. The van der Waals surface area contributed by atoms with E-state index >= 15 is 0 Å². The molecule has 2 aliphatic heterocycles. The van der Waals surface area contributed by atoms with Crippen LogP contribution in [0.1, 0.15) is 37.7 Å². The summed E-state index contributed by atoms with van der Waals surface area (Å²) in [7, 11) is 2.11. The molecule has 3 heteroatoms. The molecule has 2 aliphatic rings. The van der Waals surface area contributed by atoms with Crippen LogP contribution in [0.25, 0.3) is 0 Å². The molecule has 0 amide bonds. The Kier molecular flexibility index (Phi) is 4.81. The van der Waals surface area contributed by atoms with Gasteiger partial charge in [-0.05, 0) is 57.4 Å². The number of fused-ring (bicyclic) bond motifs is 2. The second-order valence-corrected chi connectivity index (χ2v) is 6.60. The SMILES string of the molecule is CNC1CC2CCCC(C1)N2CCOc1cccc(C)c1. The van der Waals surface area contributed by atoms with Crippen molar-refractivity contribution in [3.63, 3.8) is 0 Å². The van der Waals surface area contributed by atoms with E-state index in [0.29, 0.717) is 6.04 Å². The molecule has 1 aromatic carbocycles. The predicted molar refractivity (Wildman–Crippen MR) is 86.9 cm³/mol. The van der Waals surface area contributed by atoms with Crippen LogP contribution >= 0.6 is 0 Å². The second kappa shape index (κ2) is 6.80. The number of aryl methyl sites for hydroxylation is 1. The third kappa shape index (κ3) is 3.58. The van der Waals surface area contributed by atoms with E-state index < -0.39 is 0 Å². The molecule has 21 heavy (non-hydrogen) atoms. The highest BCUT2D eigenvalue weighted by Crippen LogP contribution is 2.33. The summed E-state index contributed by atoms with van der Waals surface area (Å²) in [6.45, 7) is 3.99. The zero-order valence-electron chi connectivity index (χ0n) is 13.3. The largest absolute Gasteiger partial charge is 0.492 e. The molecule has 116 valence electrons. The average molecular weight is 288 g/mol. The third-order valence-electron chi connectivity index (χ3n) is 5.14. The van der Waals surface area contributed by atoms with Gasteiger partial charge in [0.05, 0.1) is 0 Å². The Bertz CT molecular complexity index is 448. The van der Waals surface area contributed by atoms with Crippen LogP contribution in [-0.4, -0.2) is 43.2 Å². The Morgan fingerprint density at radius 3 is 2.67 bits per heavy atom. The summed E-state index contributed by atoms with van der Waals surface area (Å²) in [6.07, 6.45) is 6.73. The number of nitrogens with zero attached hydrogens (tertiary/aromatic N) is 1. The molecule has 2 saturated heterocycles. The van der Waals surface area contributed by atoms with Crippen molar-refractivity contribution in [2.45, 2.75) is 57.2 Å². The van der Waals surface area contributed by atoms with E-state index in [2.05, 4.69) is 48.5 Å². The van der Waals surface area contributed by atoms with Crippen LogP contribution in [0.3, 0.4) is 0 Å². The lowest BCUT2D eigenvalue weighted by molar-refractivity contribution is 0.0165. The van der Waals surface area contributed by atoms with E-state index in [1.807, 2.05) is 0 Å². The van der Waals surface area contributed by atoms with E-state index in [-0.39, 0.29) is 0 Å². The number of rotatable bonds is 5. The summed E-state index contributed by atoms with van der Waals surface area (Å²) in [4.78, 5) is 2.72. The minimum Gasteiger partial charge on any atom is -0.492 e. The van der Waals surface area contributed by atoms with Crippen molar-refractivity contribution >= 4 is 0 Å². The van der Waals surface area contributed by atoms with Crippen LogP contribution in [0.2, 0.25) is 0 Å². The van der Waals surface area contributed by atoms with E-state index in [0.717, 1.165) is 31.0 Å². The molecule has 2 bridgehead atoms. The zero-order valence-corrected chi connectivity index (χ0v) is 13.3. The molecule has 1 aromatic rings. The van der Waals surface area contributed by atoms with Gasteiger partial charge in [0.2, 0.25) is 0 Å². The Hall–Kier alpha value is -1.06. The number of benzene rings is 1. The van der Waals surface area contributed by atoms with Gasteiger partial charge in [-0.1, -0.05) is 18.6 Å². The highest BCUT2D eigenvalue weighted by molar-refractivity contribution is 5.27. The molecule has 0 saturated carbocycles. The highest BCUT2D eigenvalue weighted by Gasteiger charge is 2.37. The summed E-state index contributed by atoms with van der Waals surface area (Å²) in [6, 6.07) is 10.6. The first-order chi connectivity index (χ1) is 10.3. The van der Waals surface area contributed by atoms with Gasteiger partial charge in [-0.3, -0.25) is 4.90 Å². The molecule has 2 unspecified atom stereocenters. The molecule has 2 heterocycles. The van der Waals surface area contributed by atoms with Gasteiger partial charge in [0, 0.05) is 24.7 Å². The zero-order chi connectivity index (χ0) is 14.7. The maximum absolute atomic E-state index is 5.95. The van der Waals surface area contributed by atoms with Crippen molar-refractivity contribution in [3.8, 4) is 5.75 Å². The van der Waals surface area contributed by atoms with Crippen LogP contribution in [0.5, 0.6) is 5.75 Å². The fourth-order valence-electron chi connectivity index (χ4n) is 4.05. The standard InChI is InChI=1S/C18H28N2O/c1-14-5-3-8-18(11-14)21-10-9-20-16-6-4-7-17(20)13-15(12-16)19-2/h3,5,8,11,15-17,19H,4,6-7,9-10,12-13H2,1-2H3. The molecule has 3 nitrogen and oxygen atoms in total. The Labute approximate surface area is 128 Å². The summed E-state index contributed by atoms with van der Waals surface area (Å²) in [5.74, 6) is 1.00. The molecule has 0 aliphatic carbocycles. The van der Waals surface area contributed by atoms with Crippen LogP contribution in [-0.2, 0) is 0 Å². The smallest absolute Gasteiger partial charge is 0.119 e. The monoisotopic (exact) mass is 288 g/mol. The van der Waals surface area contributed by atoms with Gasteiger partial charge in [-0.15, -0.1) is 0 Å². The molecule has 3 rings (SSSR count). The summed E-state index contributed by atoms with van der Waals surface area (Å²) >= 11 is 0. The van der Waals surface area contributed by atoms with Crippen molar-refractivity contribution in [2.24, 2.45) is 0 Å². The Balaban J connectivity index is 1.53. The van der Waals surface area contributed by atoms with E-state index in [9.17, 15) is 0 Å². The minimum absolute atomic E-state index is 0.717. The first-order valence-corrected chi connectivity index (χ1v) is 8.38. The predicted octanol–water partition coefficient (Wildman–Crippen LogP) is 2.98. The fraction of sp³-hybridized carbons (Fsp3) is 0.667. The minimum atomic E-state index is 0.717. The van der Waals surface area contributed by atoms with E-state index in [1.165, 1.54) is 37.7 Å². The van der Waals surface area contributed by atoms with Crippen molar-refractivity contribution in [3.05, 3.63) is 29.8 Å². The van der Waals surface area contributed by atoms with Gasteiger partial charge >= 0.3 is 0 Å². The summed E-state index contributed by atoms with van der Waals surface area (Å²) in [5.41, 5.74) is 1.26. The van der Waals surface area contributed by atoms with Gasteiger partial charge in [0.1, 0.15) is 12.4 Å². The van der Waals surface area contributed by atoms with Gasteiger partial charge in [0.15, 0.2) is 0 Å². The first-order valence-electron chi connectivity index (χ1n) is 8.38. The number of nitrogens with one attached hydrogen (secondary N) is 1. The number of hydrogen-bond donors (Lipinski definition) is 1. The Morgan fingerprint density at radius 2 is 2.00 bits per heavy atom. The van der Waals surface area contributed by atoms with Gasteiger partial charge in [-0.2, -0.15) is 0 Å². The molecule has 2 atom stereocenters. The molecular formula is C18H28N2O. The quantitative estimate of drug-likeness (QED) is 0.901. The van der Waals surface area contributed by atoms with Crippen LogP contribution in [0.15, 0.2) is 24.3 Å².